The van der Waals surface area contributed by atoms with E-state index in [4.69, 9.17) is 0 Å². The molecule has 0 bridgehead atoms. The lowest BCUT2D eigenvalue weighted by atomic mass is 9.95. The van der Waals surface area contributed by atoms with Crippen LogP contribution in [0.2, 0.25) is 0 Å². The highest BCUT2D eigenvalue weighted by atomic mass is 16.1. The molecule has 4 rings (SSSR count). The van der Waals surface area contributed by atoms with Crippen LogP contribution in [0.3, 0.4) is 0 Å². The zero-order chi connectivity index (χ0) is 19.8. The molecule has 1 N–H and O–H groups in total. The zero-order valence-electron chi connectivity index (χ0n) is 17.0. The summed E-state index contributed by atoms with van der Waals surface area (Å²) in [6, 6.07) is 7.97. The van der Waals surface area contributed by atoms with E-state index in [0.717, 1.165) is 48.2 Å². The number of benzene rings is 1. The summed E-state index contributed by atoms with van der Waals surface area (Å²) in [6.45, 7) is 10.3. The summed E-state index contributed by atoms with van der Waals surface area (Å²) >= 11 is 0. The Hall–Kier alpha value is -2.54. The largest absolute Gasteiger partial charge is 0.321 e. The Morgan fingerprint density at radius 2 is 1.96 bits per heavy atom. The predicted molar refractivity (Wildman–Crippen MR) is 109 cm³/mol. The highest BCUT2D eigenvalue weighted by Gasteiger charge is 2.32. The number of hydrogen-bond donors (Lipinski definition) is 1. The van der Waals surface area contributed by atoms with Gasteiger partial charge in [-0.1, -0.05) is 25.1 Å². The van der Waals surface area contributed by atoms with E-state index in [0.29, 0.717) is 11.5 Å². The van der Waals surface area contributed by atoms with Crippen molar-refractivity contribution < 1.29 is 0 Å². The number of nitrogens with zero attached hydrogens (tertiary/aromatic N) is 5. The van der Waals surface area contributed by atoms with Crippen LogP contribution in [0.1, 0.15) is 62.6 Å². The zero-order valence-corrected chi connectivity index (χ0v) is 17.0. The Bertz CT molecular complexity index is 1030. The van der Waals surface area contributed by atoms with Gasteiger partial charge in [0.1, 0.15) is 6.04 Å². The lowest BCUT2D eigenvalue weighted by Crippen LogP contribution is -2.40. The summed E-state index contributed by atoms with van der Waals surface area (Å²) in [6.07, 6.45) is 2.23. The molecule has 3 aromatic rings. The van der Waals surface area contributed by atoms with Crippen LogP contribution >= 0.6 is 0 Å². The fourth-order valence-corrected chi connectivity index (χ4v) is 4.14. The number of piperidine rings is 1. The second-order valence-electron chi connectivity index (χ2n) is 8.29. The van der Waals surface area contributed by atoms with Crippen molar-refractivity contribution in [3.8, 4) is 0 Å². The summed E-state index contributed by atoms with van der Waals surface area (Å²) in [5.74, 6) is 1.44. The Morgan fingerprint density at radius 3 is 2.68 bits per heavy atom. The fourth-order valence-electron chi connectivity index (χ4n) is 4.14. The molecule has 1 aliphatic heterocycles. The summed E-state index contributed by atoms with van der Waals surface area (Å²) in [5.41, 5.74) is 2.61. The van der Waals surface area contributed by atoms with Crippen molar-refractivity contribution in [3.05, 3.63) is 51.6 Å². The molecule has 148 valence electrons. The number of tetrazole rings is 1. The van der Waals surface area contributed by atoms with Crippen LogP contribution in [0.25, 0.3) is 10.9 Å². The molecule has 1 fully saturated rings. The summed E-state index contributed by atoms with van der Waals surface area (Å²) < 4.78 is 1.84. The van der Waals surface area contributed by atoms with Crippen molar-refractivity contribution in [2.24, 2.45) is 5.92 Å². The van der Waals surface area contributed by atoms with Crippen LogP contribution in [0.4, 0.5) is 0 Å². The van der Waals surface area contributed by atoms with Crippen molar-refractivity contribution in [2.45, 2.75) is 52.6 Å². The third-order valence-electron chi connectivity index (χ3n) is 5.85. The standard InChI is InChI=1S/C21H28N6O/c1-13(2)27-20(23-24-25-27)19(26-10-8-14(3)9-11-26)17-12-16-7-5-6-15(4)18(16)22-21(17)28/h5-7,12-14,19H,8-11H2,1-4H3,(H,22,28)/t19-/m1/s1. The smallest absolute Gasteiger partial charge is 0.253 e. The van der Waals surface area contributed by atoms with Crippen LogP contribution in [-0.2, 0) is 0 Å². The van der Waals surface area contributed by atoms with Crippen LogP contribution in [0, 0.1) is 12.8 Å². The van der Waals surface area contributed by atoms with Crippen LogP contribution in [-0.4, -0.2) is 43.2 Å². The number of H-pyrrole nitrogens is 1. The van der Waals surface area contributed by atoms with Crippen molar-refractivity contribution in [1.82, 2.24) is 30.1 Å². The predicted octanol–water partition coefficient (Wildman–Crippen LogP) is 3.23. The van der Waals surface area contributed by atoms with Gasteiger partial charge < -0.3 is 4.98 Å². The van der Waals surface area contributed by atoms with Gasteiger partial charge in [-0.05, 0) is 80.1 Å². The van der Waals surface area contributed by atoms with Gasteiger partial charge in [0.2, 0.25) is 0 Å². The minimum atomic E-state index is -0.251. The van der Waals surface area contributed by atoms with Gasteiger partial charge in [0.15, 0.2) is 5.82 Å². The number of aromatic amines is 1. The van der Waals surface area contributed by atoms with Crippen molar-refractivity contribution in [3.63, 3.8) is 0 Å². The van der Waals surface area contributed by atoms with E-state index in [2.05, 4.69) is 46.2 Å². The van der Waals surface area contributed by atoms with E-state index < -0.39 is 0 Å². The molecule has 1 aliphatic rings. The molecule has 0 amide bonds. The van der Waals surface area contributed by atoms with Crippen molar-refractivity contribution in [2.75, 3.05) is 13.1 Å². The molecule has 2 aromatic heterocycles. The average Bonchev–Trinajstić information content (AvgIpc) is 3.14. The molecule has 3 heterocycles. The van der Waals surface area contributed by atoms with Gasteiger partial charge in [0.05, 0.1) is 11.6 Å². The molecule has 1 atom stereocenters. The first-order chi connectivity index (χ1) is 13.5. The van der Waals surface area contributed by atoms with Gasteiger partial charge >= 0.3 is 0 Å². The van der Waals surface area contributed by atoms with Gasteiger partial charge in [-0.25, -0.2) is 4.68 Å². The summed E-state index contributed by atoms with van der Waals surface area (Å²) in [7, 11) is 0. The van der Waals surface area contributed by atoms with Gasteiger partial charge in [0.25, 0.3) is 5.56 Å². The Labute approximate surface area is 164 Å². The van der Waals surface area contributed by atoms with Gasteiger partial charge in [-0.15, -0.1) is 5.10 Å². The summed E-state index contributed by atoms with van der Waals surface area (Å²) in [5, 5.41) is 13.5. The van der Waals surface area contributed by atoms with Gasteiger partial charge in [0, 0.05) is 5.56 Å². The molecular formula is C21H28N6O. The molecule has 0 spiro atoms. The van der Waals surface area contributed by atoms with Gasteiger partial charge in [-0.2, -0.15) is 0 Å². The molecule has 7 heteroatoms. The molecular weight excluding hydrogens is 352 g/mol. The molecule has 1 saturated heterocycles. The van der Waals surface area contributed by atoms with Crippen LogP contribution in [0.5, 0.6) is 0 Å². The number of aromatic nitrogens is 5. The Kier molecular flexibility index (Phi) is 5.02. The second-order valence-corrected chi connectivity index (χ2v) is 8.29. The van der Waals surface area contributed by atoms with Gasteiger partial charge in [-0.3, -0.25) is 9.69 Å². The number of para-hydroxylation sites is 1. The maximum atomic E-state index is 13.2. The first-order valence-corrected chi connectivity index (χ1v) is 10.1. The lowest BCUT2D eigenvalue weighted by Gasteiger charge is -2.36. The minimum absolute atomic E-state index is 0.0660. The molecule has 1 aromatic carbocycles. The molecule has 0 aliphatic carbocycles. The number of fused-ring (bicyclic) bond motifs is 1. The van der Waals surface area contributed by atoms with E-state index in [1.165, 1.54) is 0 Å². The molecule has 0 radical (unpaired) electrons. The highest BCUT2D eigenvalue weighted by Crippen LogP contribution is 2.31. The highest BCUT2D eigenvalue weighted by molar-refractivity contribution is 5.82. The molecule has 28 heavy (non-hydrogen) atoms. The van der Waals surface area contributed by atoms with Crippen LogP contribution < -0.4 is 5.56 Å². The quantitative estimate of drug-likeness (QED) is 0.752. The third-order valence-corrected chi connectivity index (χ3v) is 5.85. The monoisotopic (exact) mass is 380 g/mol. The number of rotatable bonds is 4. The molecule has 7 nitrogen and oxygen atoms in total. The number of pyridine rings is 1. The summed E-state index contributed by atoms with van der Waals surface area (Å²) in [4.78, 5) is 18.6. The fraction of sp³-hybridized carbons (Fsp3) is 0.524. The Balaban J connectivity index is 1.88. The number of aryl methyl sites for hydroxylation is 1. The maximum absolute atomic E-state index is 13.2. The normalized spacial score (nSPS) is 17.5. The first-order valence-electron chi connectivity index (χ1n) is 10.1. The lowest BCUT2D eigenvalue weighted by molar-refractivity contribution is 0.148. The second kappa shape index (κ2) is 7.47. The van der Waals surface area contributed by atoms with E-state index >= 15 is 0 Å². The maximum Gasteiger partial charge on any atom is 0.253 e. The van der Waals surface area contributed by atoms with E-state index in [1.807, 2.05) is 35.9 Å². The van der Waals surface area contributed by atoms with Crippen molar-refractivity contribution >= 4 is 10.9 Å². The minimum Gasteiger partial charge on any atom is -0.321 e. The van der Waals surface area contributed by atoms with E-state index in [9.17, 15) is 4.79 Å². The first kappa shape index (κ1) is 18.8. The van der Waals surface area contributed by atoms with E-state index in [1.54, 1.807) is 0 Å². The number of likely N-dealkylation sites (tertiary alicyclic amines) is 1. The van der Waals surface area contributed by atoms with E-state index in [-0.39, 0.29) is 17.6 Å². The molecule has 0 unspecified atom stereocenters. The number of hydrogen-bond acceptors (Lipinski definition) is 5. The third kappa shape index (κ3) is 3.35. The average molecular weight is 380 g/mol. The van der Waals surface area contributed by atoms with Crippen LogP contribution in [0.15, 0.2) is 29.1 Å². The number of nitrogens with one attached hydrogen (secondary N) is 1. The topological polar surface area (TPSA) is 79.7 Å². The SMILES string of the molecule is Cc1cccc2cc([C@H](c3nnnn3C(C)C)N3CCC(C)CC3)c(=O)[nH]c12. The molecule has 0 saturated carbocycles. The van der Waals surface area contributed by atoms with Crippen molar-refractivity contribution in [1.29, 1.82) is 0 Å². The Morgan fingerprint density at radius 1 is 1.21 bits per heavy atom.